The SMILES string of the molecule is O=C(O)c1c(Br)cccc1-n1cccn1. The number of halogens is 1. The first-order chi connectivity index (χ1) is 7.20. The predicted molar refractivity (Wildman–Crippen MR) is 58.2 cm³/mol. The number of nitrogens with zero attached hydrogens (tertiary/aromatic N) is 2. The maximum absolute atomic E-state index is 11.1. The van der Waals surface area contributed by atoms with Crippen molar-refractivity contribution < 1.29 is 9.90 Å². The van der Waals surface area contributed by atoms with Crippen LogP contribution >= 0.6 is 15.9 Å². The molecule has 76 valence electrons. The summed E-state index contributed by atoms with van der Waals surface area (Å²) in [6.07, 6.45) is 3.31. The highest BCUT2D eigenvalue weighted by atomic mass is 79.9. The first-order valence-corrected chi connectivity index (χ1v) is 5.01. The first-order valence-electron chi connectivity index (χ1n) is 4.22. The fourth-order valence-electron chi connectivity index (χ4n) is 1.33. The number of aromatic nitrogens is 2. The van der Waals surface area contributed by atoms with Gasteiger partial charge in [-0.25, -0.2) is 9.48 Å². The monoisotopic (exact) mass is 266 g/mol. The van der Waals surface area contributed by atoms with Gasteiger partial charge in [0.05, 0.1) is 11.3 Å². The summed E-state index contributed by atoms with van der Waals surface area (Å²) in [7, 11) is 0. The van der Waals surface area contributed by atoms with Crippen LogP contribution in [0.2, 0.25) is 0 Å². The van der Waals surface area contributed by atoms with Crippen molar-refractivity contribution in [1.82, 2.24) is 9.78 Å². The normalized spacial score (nSPS) is 10.2. The van der Waals surface area contributed by atoms with Crippen molar-refractivity contribution in [2.45, 2.75) is 0 Å². The molecule has 0 amide bonds. The average molecular weight is 267 g/mol. The Balaban J connectivity index is 2.66. The number of carbonyl (C=O) groups is 1. The summed E-state index contributed by atoms with van der Waals surface area (Å²) >= 11 is 3.21. The fraction of sp³-hybridized carbons (Fsp3) is 0. The fourth-order valence-corrected chi connectivity index (χ4v) is 1.85. The molecule has 0 aliphatic carbocycles. The van der Waals surface area contributed by atoms with Crippen LogP contribution in [0.15, 0.2) is 41.1 Å². The maximum Gasteiger partial charge on any atom is 0.339 e. The highest BCUT2D eigenvalue weighted by Crippen LogP contribution is 2.23. The molecule has 0 saturated carbocycles. The number of carboxylic acids is 1. The number of hydrogen-bond donors (Lipinski definition) is 1. The molecule has 0 atom stereocenters. The van der Waals surface area contributed by atoms with E-state index in [0.717, 1.165) is 0 Å². The largest absolute Gasteiger partial charge is 0.478 e. The second kappa shape index (κ2) is 3.86. The third-order valence-corrected chi connectivity index (χ3v) is 2.62. The van der Waals surface area contributed by atoms with Crippen molar-refractivity contribution in [1.29, 1.82) is 0 Å². The van der Waals surface area contributed by atoms with Crippen molar-refractivity contribution >= 4 is 21.9 Å². The second-order valence-corrected chi connectivity index (χ2v) is 3.74. The van der Waals surface area contributed by atoms with E-state index in [2.05, 4.69) is 21.0 Å². The molecule has 1 aromatic heterocycles. The van der Waals surface area contributed by atoms with Crippen LogP contribution in [0.4, 0.5) is 0 Å². The molecule has 2 aromatic rings. The van der Waals surface area contributed by atoms with E-state index in [1.807, 2.05) is 0 Å². The number of rotatable bonds is 2. The minimum absolute atomic E-state index is 0.209. The highest BCUT2D eigenvalue weighted by molar-refractivity contribution is 9.10. The molecule has 5 heteroatoms. The van der Waals surface area contributed by atoms with E-state index in [4.69, 9.17) is 5.11 Å². The molecule has 1 aromatic carbocycles. The molecule has 15 heavy (non-hydrogen) atoms. The third kappa shape index (κ3) is 1.78. The summed E-state index contributed by atoms with van der Waals surface area (Å²) in [5.41, 5.74) is 0.753. The topological polar surface area (TPSA) is 55.1 Å². The lowest BCUT2D eigenvalue weighted by molar-refractivity contribution is 0.0696. The molecule has 0 aliphatic rings. The molecule has 1 N–H and O–H groups in total. The van der Waals surface area contributed by atoms with Gasteiger partial charge in [-0.2, -0.15) is 5.10 Å². The molecule has 4 nitrogen and oxygen atoms in total. The molecule has 0 saturated heterocycles. The van der Waals surface area contributed by atoms with Gasteiger partial charge < -0.3 is 5.11 Å². The lowest BCUT2D eigenvalue weighted by Crippen LogP contribution is -2.06. The van der Waals surface area contributed by atoms with Crippen molar-refractivity contribution in [3.63, 3.8) is 0 Å². The quantitative estimate of drug-likeness (QED) is 0.908. The van der Waals surface area contributed by atoms with Crippen molar-refractivity contribution in [3.8, 4) is 5.69 Å². The minimum Gasteiger partial charge on any atom is -0.478 e. The zero-order valence-electron chi connectivity index (χ0n) is 7.59. The lowest BCUT2D eigenvalue weighted by atomic mass is 10.2. The van der Waals surface area contributed by atoms with Gasteiger partial charge >= 0.3 is 5.97 Å². The zero-order chi connectivity index (χ0) is 10.8. The van der Waals surface area contributed by atoms with Crippen LogP contribution in [0.5, 0.6) is 0 Å². The zero-order valence-corrected chi connectivity index (χ0v) is 9.18. The highest BCUT2D eigenvalue weighted by Gasteiger charge is 2.14. The van der Waals surface area contributed by atoms with E-state index < -0.39 is 5.97 Å². The first kappa shape index (κ1) is 9.92. The Labute approximate surface area is 94.3 Å². The maximum atomic E-state index is 11.1. The number of benzene rings is 1. The Morgan fingerprint density at radius 1 is 1.40 bits per heavy atom. The predicted octanol–water partition coefficient (Wildman–Crippen LogP) is 2.33. The van der Waals surface area contributed by atoms with E-state index in [0.29, 0.717) is 10.2 Å². The van der Waals surface area contributed by atoms with E-state index in [-0.39, 0.29) is 5.56 Å². The third-order valence-electron chi connectivity index (χ3n) is 1.96. The minimum atomic E-state index is -0.979. The molecule has 0 unspecified atom stereocenters. The van der Waals surface area contributed by atoms with Crippen molar-refractivity contribution in [3.05, 3.63) is 46.7 Å². The van der Waals surface area contributed by atoms with E-state index in [1.54, 1.807) is 36.7 Å². The van der Waals surface area contributed by atoms with Crippen molar-refractivity contribution in [2.24, 2.45) is 0 Å². The molecule has 0 bridgehead atoms. The Kier molecular flexibility index (Phi) is 2.55. The van der Waals surface area contributed by atoms with Crippen LogP contribution in [-0.4, -0.2) is 20.9 Å². The molecule has 1 heterocycles. The Morgan fingerprint density at radius 3 is 2.80 bits per heavy atom. The number of carboxylic acid groups (broad SMARTS) is 1. The van der Waals surface area contributed by atoms with Gasteiger partial charge in [-0.3, -0.25) is 0 Å². The summed E-state index contributed by atoms with van der Waals surface area (Å²) in [4.78, 5) is 11.1. The van der Waals surface area contributed by atoms with E-state index in [9.17, 15) is 4.79 Å². The van der Waals surface area contributed by atoms with Crippen LogP contribution in [-0.2, 0) is 0 Å². The van der Waals surface area contributed by atoms with Gasteiger partial charge in [0.2, 0.25) is 0 Å². The Bertz CT molecular complexity index is 494. The van der Waals surface area contributed by atoms with E-state index in [1.165, 1.54) is 4.68 Å². The van der Waals surface area contributed by atoms with Crippen LogP contribution in [0, 0.1) is 0 Å². The van der Waals surface area contributed by atoms with Gasteiger partial charge in [-0.15, -0.1) is 0 Å². The van der Waals surface area contributed by atoms with Gasteiger partial charge in [0.15, 0.2) is 0 Å². The summed E-state index contributed by atoms with van der Waals surface area (Å²) in [5.74, 6) is -0.979. The van der Waals surface area contributed by atoms with E-state index >= 15 is 0 Å². The average Bonchev–Trinajstić information content (AvgIpc) is 2.69. The summed E-state index contributed by atoms with van der Waals surface area (Å²) in [5, 5.41) is 13.1. The molecular weight excluding hydrogens is 260 g/mol. The van der Waals surface area contributed by atoms with Gasteiger partial charge in [0, 0.05) is 16.9 Å². The van der Waals surface area contributed by atoms with Crippen LogP contribution in [0.25, 0.3) is 5.69 Å². The Morgan fingerprint density at radius 2 is 2.20 bits per heavy atom. The molecular formula is C10H7BrN2O2. The molecule has 0 spiro atoms. The summed E-state index contributed by atoms with van der Waals surface area (Å²) in [6, 6.07) is 6.91. The smallest absolute Gasteiger partial charge is 0.339 e. The van der Waals surface area contributed by atoms with Gasteiger partial charge in [0.1, 0.15) is 0 Å². The molecule has 2 rings (SSSR count). The van der Waals surface area contributed by atoms with Crippen LogP contribution < -0.4 is 0 Å². The lowest BCUT2D eigenvalue weighted by Gasteiger charge is -2.07. The second-order valence-electron chi connectivity index (χ2n) is 2.89. The summed E-state index contributed by atoms with van der Waals surface area (Å²) in [6.45, 7) is 0. The molecule has 0 aliphatic heterocycles. The Hall–Kier alpha value is -1.62. The van der Waals surface area contributed by atoms with Crippen molar-refractivity contribution in [2.75, 3.05) is 0 Å². The standard InChI is InChI=1S/C10H7BrN2O2/c11-7-3-1-4-8(9(7)10(14)15)13-6-2-5-12-13/h1-6H,(H,14,15). The van der Waals surface area contributed by atoms with Crippen LogP contribution in [0.1, 0.15) is 10.4 Å². The summed E-state index contributed by atoms with van der Waals surface area (Å²) < 4.78 is 2.07. The van der Waals surface area contributed by atoms with Gasteiger partial charge in [-0.05, 0) is 34.1 Å². The van der Waals surface area contributed by atoms with Gasteiger partial charge in [-0.1, -0.05) is 6.07 Å². The van der Waals surface area contributed by atoms with Crippen LogP contribution in [0.3, 0.4) is 0 Å². The number of aromatic carboxylic acids is 1. The molecule has 0 radical (unpaired) electrons. The number of hydrogen-bond acceptors (Lipinski definition) is 2. The van der Waals surface area contributed by atoms with Gasteiger partial charge in [0.25, 0.3) is 0 Å². The molecule has 0 fully saturated rings.